The Morgan fingerprint density at radius 3 is 2.68 bits per heavy atom. The Kier molecular flexibility index (Phi) is 5.82. The number of benzene rings is 1. The minimum atomic E-state index is -3.85. The van der Waals surface area contributed by atoms with E-state index >= 15 is 0 Å². The highest BCUT2D eigenvalue weighted by Gasteiger charge is 2.40. The summed E-state index contributed by atoms with van der Waals surface area (Å²) >= 11 is 5.86. The minimum Gasteiger partial charge on any atom is -0.401 e. The molecule has 1 atom stereocenters. The Balaban J connectivity index is 1.51. The predicted molar refractivity (Wildman–Crippen MR) is 113 cm³/mol. The molecule has 0 saturated carbocycles. The second-order valence-electron chi connectivity index (χ2n) is 7.38. The van der Waals surface area contributed by atoms with E-state index in [0.29, 0.717) is 23.6 Å². The Bertz CT molecular complexity index is 1190. The molecular formula is C19H21ClN6O4S. The standard InChI is InChI=1S/C19H21ClN6O4S/c1-12(2)26-16(9-10-21-26)18-23-24-19(30-18)22-17(27)15-4-3-11-25(15)31(28,29)14-7-5-13(20)6-8-14/h5-10,12,15H,3-4,11H2,1-2H3,(H,22,24,27). The molecule has 1 unspecified atom stereocenters. The summed E-state index contributed by atoms with van der Waals surface area (Å²) < 4.78 is 34.5. The van der Waals surface area contributed by atoms with Crippen LogP contribution < -0.4 is 5.32 Å². The maximum Gasteiger partial charge on any atom is 0.322 e. The summed E-state index contributed by atoms with van der Waals surface area (Å²) in [6.45, 7) is 4.17. The molecule has 10 nitrogen and oxygen atoms in total. The number of hydrogen-bond donors (Lipinski definition) is 1. The first-order valence-corrected chi connectivity index (χ1v) is 11.5. The zero-order valence-corrected chi connectivity index (χ0v) is 18.5. The number of nitrogens with zero attached hydrogens (tertiary/aromatic N) is 5. The molecule has 4 rings (SSSR count). The van der Waals surface area contributed by atoms with Gasteiger partial charge in [0.2, 0.25) is 15.9 Å². The summed E-state index contributed by atoms with van der Waals surface area (Å²) in [4.78, 5) is 12.9. The first-order valence-electron chi connectivity index (χ1n) is 9.73. The summed E-state index contributed by atoms with van der Waals surface area (Å²) in [5.74, 6) is -0.318. The zero-order chi connectivity index (χ0) is 22.2. The molecule has 31 heavy (non-hydrogen) atoms. The van der Waals surface area contributed by atoms with Crippen molar-refractivity contribution in [1.29, 1.82) is 0 Å². The number of nitrogens with one attached hydrogen (secondary N) is 1. The molecule has 1 aliphatic heterocycles. The molecule has 1 saturated heterocycles. The van der Waals surface area contributed by atoms with E-state index < -0.39 is 22.0 Å². The third-order valence-corrected chi connectivity index (χ3v) is 7.13. The van der Waals surface area contributed by atoms with Gasteiger partial charge in [-0.15, -0.1) is 5.10 Å². The van der Waals surface area contributed by atoms with Gasteiger partial charge in [0, 0.05) is 23.8 Å². The smallest absolute Gasteiger partial charge is 0.322 e. The van der Waals surface area contributed by atoms with Gasteiger partial charge in [-0.3, -0.25) is 14.8 Å². The van der Waals surface area contributed by atoms with Crippen molar-refractivity contribution in [3.05, 3.63) is 41.6 Å². The van der Waals surface area contributed by atoms with Crippen molar-refractivity contribution in [3.63, 3.8) is 0 Å². The number of rotatable bonds is 6. The lowest BCUT2D eigenvalue weighted by Crippen LogP contribution is -2.43. The minimum absolute atomic E-state index is 0.0821. The maximum atomic E-state index is 13.0. The van der Waals surface area contributed by atoms with E-state index in [2.05, 4.69) is 20.6 Å². The molecule has 3 heterocycles. The molecule has 12 heteroatoms. The van der Waals surface area contributed by atoms with Crippen molar-refractivity contribution in [2.75, 3.05) is 11.9 Å². The molecular weight excluding hydrogens is 444 g/mol. The fourth-order valence-corrected chi connectivity index (χ4v) is 5.28. The monoisotopic (exact) mass is 464 g/mol. The van der Waals surface area contributed by atoms with Gasteiger partial charge >= 0.3 is 6.01 Å². The van der Waals surface area contributed by atoms with Crippen LogP contribution in [0.15, 0.2) is 45.8 Å². The van der Waals surface area contributed by atoms with E-state index in [1.165, 1.54) is 28.6 Å². The van der Waals surface area contributed by atoms with E-state index in [-0.39, 0.29) is 29.4 Å². The SMILES string of the molecule is CC(C)n1nccc1-c1nnc(NC(=O)C2CCCN2S(=O)(=O)c2ccc(Cl)cc2)o1. The lowest BCUT2D eigenvalue weighted by molar-refractivity contribution is -0.119. The molecule has 2 aromatic heterocycles. The van der Waals surface area contributed by atoms with Crippen molar-refractivity contribution in [2.45, 2.75) is 43.7 Å². The van der Waals surface area contributed by atoms with Gasteiger partial charge in [-0.2, -0.15) is 9.40 Å². The second kappa shape index (κ2) is 8.40. The number of aromatic nitrogens is 4. The predicted octanol–water partition coefficient (Wildman–Crippen LogP) is 2.96. The number of hydrogen-bond acceptors (Lipinski definition) is 7. The fraction of sp³-hybridized carbons (Fsp3) is 0.368. The normalized spacial score (nSPS) is 17.4. The highest BCUT2D eigenvalue weighted by Crippen LogP contribution is 2.28. The van der Waals surface area contributed by atoms with Gasteiger partial charge in [0.25, 0.3) is 5.89 Å². The van der Waals surface area contributed by atoms with Crippen LogP contribution in [0.25, 0.3) is 11.6 Å². The van der Waals surface area contributed by atoms with Crippen molar-refractivity contribution in [1.82, 2.24) is 24.3 Å². The maximum absolute atomic E-state index is 13.0. The third kappa shape index (κ3) is 4.21. The van der Waals surface area contributed by atoms with Crippen LogP contribution in [-0.2, 0) is 14.8 Å². The highest BCUT2D eigenvalue weighted by atomic mass is 35.5. The molecule has 0 aliphatic carbocycles. The summed E-state index contributed by atoms with van der Waals surface area (Å²) in [5.41, 5.74) is 0.621. The van der Waals surface area contributed by atoms with Crippen LogP contribution in [0.2, 0.25) is 5.02 Å². The first-order chi connectivity index (χ1) is 14.8. The Morgan fingerprint density at radius 1 is 1.23 bits per heavy atom. The summed E-state index contributed by atoms with van der Waals surface area (Å²) in [6, 6.07) is 6.68. The quantitative estimate of drug-likeness (QED) is 0.594. The summed E-state index contributed by atoms with van der Waals surface area (Å²) in [6.07, 6.45) is 2.57. The van der Waals surface area contributed by atoms with E-state index in [9.17, 15) is 13.2 Å². The van der Waals surface area contributed by atoms with Gasteiger partial charge in [0.05, 0.1) is 4.90 Å². The zero-order valence-electron chi connectivity index (χ0n) is 16.9. The van der Waals surface area contributed by atoms with Gasteiger partial charge < -0.3 is 4.42 Å². The van der Waals surface area contributed by atoms with Crippen LogP contribution in [0.3, 0.4) is 0 Å². The van der Waals surface area contributed by atoms with Crippen molar-refractivity contribution in [3.8, 4) is 11.6 Å². The Hall–Kier alpha value is -2.76. The van der Waals surface area contributed by atoms with E-state index in [0.717, 1.165) is 0 Å². The van der Waals surface area contributed by atoms with Crippen molar-refractivity contribution in [2.24, 2.45) is 0 Å². The van der Waals surface area contributed by atoms with Crippen LogP contribution >= 0.6 is 11.6 Å². The van der Waals surface area contributed by atoms with Gasteiger partial charge in [-0.05, 0) is 57.0 Å². The van der Waals surface area contributed by atoms with Crippen LogP contribution in [-0.4, -0.2) is 51.2 Å². The topological polar surface area (TPSA) is 123 Å². The van der Waals surface area contributed by atoms with E-state index in [4.69, 9.17) is 16.0 Å². The van der Waals surface area contributed by atoms with Crippen LogP contribution in [0.1, 0.15) is 32.7 Å². The fourth-order valence-electron chi connectivity index (χ4n) is 3.49. The van der Waals surface area contributed by atoms with Crippen LogP contribution in [0.5, 0.6) is 0 Å². The van der Waals surface area contributed by atoms with Gasteiger partial charge in [-0.1, -0.05) is 16.7 Å². The number of anilines is 1. The molecule has 164 valence electrons. The molecule has 0 spiro atoms. The summed E-state index contributed by atoms with van der Waals surface area (Å²) in [7, 11) is -3.85. The molecule has 1 amide bonds. The van der Waals surface area contributed by atoms with E-state index in [1.54, 1.807) is 16.9 Å². The average Bonchev–Trinajstić information content (AvgIpc) is 3.47. The first kappa shape index (κ1) is 21.5. The number of carbonyl (C=O) groups excluding carboxylic acids is 1. The molecule has 3 aromatic rings. The lowest BCUT2D eigenvalue weighted by atomic mass is 10.2. The second-order valence-corrected chi connectivity index (χ2v) is 9.71. The van der Waals surface area contributed by atoms with Crippen LogP contribution in [0, 0.1) is 0 Å². The van der Waals surface area contributed by atoms with Gasteiger partial charge in [0.1, 0.15) is 11.7 Å². The number of carbonyl (C=O) groups is 1. The third-order valence-electron chi connectivity index (χ3n) is 4.96. The lowest BCUT2D eigenvalue weighted by Gasteiger charge is -2.22. The van der Waals surface area contributed by atoms with Gasteiger partial charge in [-0.25, -0.2) is 8.42 Å². The van der Waals surface area contributed by atoms with Crippen molar-refractivity contribution >= 4 is 33.5 Å². The van der Waals surface area contributed by atoms with Gasteiger partial charge in [0.15, 0.2) is 0 Å². The number of amides is 1. The van der Waals surface area contributed by atoms with Crippen molar-refractivity contribution < 1.29 is 17.6 Å². The molecule has 1 fully saturated rings. The summed E-state index contributed by atoms with van der Waals surface area (Å²) in [5, 5.41) is 15.0. The molecule has 1 aromatic carbocycles. The molecule has 1 aliphatic rings. The van der Waals surface area contributed by atoms with E-state index in [1.807, 2.05) is 13.8 Å². The highest BCUT2D eigenvalue weighted by molar-refractivity contribution is 7.89. The number of sulfonamides is 1. The largest absolute Gasteiger partial charge is 0.401 e. The average molecular weight is 465 g/mol. The molecule has 0 bridgehead atoms. The Morgan fingerprint density at radius 2 is 1.97 bits per heavy atom. The molecule has 0 radical (unpaired) electrons. The molecule has 1 N–H and O–H groups in total. The van der Waals surface area contributed by atoms with Crippen LogP contribution in [0.4, 0.5) is 6.01 Å². The number of halogens is 1. The Labute approximate surface area is 184 Å².